The van der Waals surface area contributed by atoms with Crippen LogP contribution in [0.25, 0.3) is 0 Å². The molecule has 0 unspecified atom stereocenters. The second kappa shape index (κ2) is 15.6. The van der Waals surface area contributed by atoms with Crippen LogP contribution in [-0.4, -0.2) is 34.4 Å². The van der Waals surface area contributed by atoms with E-state index in [9.17, 15) is 14.4 Å². The number of carboxylic acid groups (broad SMARTS) is 1. The molecular formula is C32H42N2O4. The summed E-state index contributed by atoms with van der Waals surface area (Å²) >= 11 is 0. The first kappa shape index (κ1) is 30.6. The standard InChI is InChI=1S/C32H42N2O4/c1-6-11-25(5)26(15-14-24(4)20-23(2)3)16-17-29-28(27-12-9-7-8-10-13-27)21-30(34(29)18-19-35)32(38)33-22-31(36)37/h6,11,14-16,19-21,27H,1,4,7-10,12-13,17-18,22H2,2-3,5H3,(H,33,38)(H,36,37)/b15-14?,25-11-,26-16-. The van der Waals surface area contributed by atoms with Crippen LogP contribution in [0, 0.1) is 0 Å². The van der Waals surface area contributed by atoms with Crippen molar-refractivity contribution < 1.29 is 19.5 Å². The van der Waals surface area contributed by atoms with Gasteiger partial charge in [0.05, 0.1) is 6.54 Å². The fourth-order valence-corrected chi connectivity index (χ4v) is 4.96. The van der Waals surface area contributed by atoms with Gasteiger partial charge in [0.1, 0.15) is 18.5 Å². The molecule has 6 nitrogen and oxygen atoms in total. The Balaban J connectivity index is 2.60. The Morgan fingerprint density at radius 3 is 2.39 bits per heavy atom. The lowest BCUT2D eigenvalue weighted by atomic mass is 9.90. The van der Waals surface area contributed by atoms with Gasteiger partial charge in [-0.05, 0) is 67.9 Å². The number of carbonyl (C=O) groups is 3. The molecule has 0 aliphatic heterocycles. The van der Waals surface area contributed by atoms with E-state index >= 15 is 0 Å². The smallest absolute Gasteiger partial charge is 0.322 e. The number of aldehydes is 1. The highest BCUT2D eigenvalue weighted by molar-refractivity contribution is 5.95. The Hall–Kier alpha value is -3.67. The lowest BCUT2D eigenvalue weighted by Gasteiger charge is -2.17. The van der Waals surface area contributed by atoms with Gasteiger partial charge in [0.15, 0.2) is 0 Å². The maximum absolute atomic E-state index is 13.0. The zero-order valence-electron chi connectivity index (χ0n) is 23.1. The number of rotatable bonds is 13. The molecule has 0 saturated heterocycles. The summed E-state index contributed by atoms with van der Waals surface area (Å²) in [6.45, 7) is 13.6. The van der Waals surface area contributed by atoms with Crippen LogP contribution >= 0.6 is 0 Å². The molecule has 1 aliphatic rings. The average Bonchev–Trinajstić information content (AvgIpc) is 3.02. The predicted molar refractivity (Wildman–Crippen MR) is 154 cm³/mol. The van der Waals surface area contributed by atoms with E-state index in [4.69, 9.17) is 5.11 Å². The van der Waals surface area contributed by atoms with Gasteiger partial charge in [-0.1, -0.05) is 80.9 Å². The third kappa shape index (κ3) is 9.33. The molecule has 0 aromatic carbocycles. The highest BCUT2D eigenvalue weighted by atomic mass is 16.4. The third-order valence-electron chi connectivity index (χ3n) is 6.72. The molecule has 1 amide bonds. The normalized spacial score (nSPS) is 15.1. The molecule has 1 saturated carbocycles. The fourth-order valence-electron chi connectivity index (χ4n) is 4.96. The van der Waals surface area contributed by atoms with Crippen molar-refractivity contribution in [1.29, 1.82) is 0 Å². The molecular weight excluding hydrogens is 476 g/mol. The maximum Gasteiger partial charge on any atom is 0.322 e. The number of aliphatic carboxylic acids is 1. The first-order valence-electron chi connectivity index (χ1n) is 13.4. The summed E-state index contributed by atoms with van der Waals surface area (Å²) in [5, 5.41) is 11.5. The molecule has 1 aliphatic carbocycles. The number of carbonyl (C=O) groups excluding carboxylic acids is 2. The highest BCUT2D eigenvalue weighted by Crippen LogP contribution is 2.36. The van der Waals surface area contributed by atoms with Crippen LogP contribution in [0.15, 0.2) is 78.0 Å². The van der Waals surface area contributed by atoms with Gasteiger partial charge in [-0.15, -0.1) is 0 Å². The van der Waals surface area contributed by atoms with Gasteiger partial charge in [-0.3, -0.25) is 9.59 Å². The topological polar surface area (TPSA) is 88.4 Å². The Labute approximate surface area is 227 Å². The molecule has 0 spiro atoms. The molecule has 2 N–H and O–H groups in total. The van der Waals surface area contributed by atoms with E-state index in [1.165, 1.54) is 12.8 Å². The van der Waals surface area contributed by atoms with Crippen LogP contribution in [0.1, 0.15) is 87.0 Å². The first-order chi connectivity index (χ1) is 18.2. The molecule has 0 bridgehead atoms. The largest absolute Gasteiger partial charge is 0.480 e. The molecule has 0 radical (unpaired) electrons. The van der Waals surface area contributed by atoms with Crippen LogP contribution in [0.4, 0.5) is 0 Å². The van der Waals surface area contributed by atoms with Gasteiger partial charge >= 0.3 is 5.97 Å². The summed E-state index contributed by atoms with van der Waals surface area (Å²) in [5.41, 5.74) is 6.41. The molecule has 204 valence electrons. The molecule has 38 heavy (non-hydrogen) atoms. The van der Waals surface area contributed by atoms with Crippen LogP contribution in [0.2, 0.25) is 0 Å². The zero-order valence-corrected chi connectivity index (χ0v) is 23.1. The van der Waals surface area contributed by atoms with Gasteiger partial charge in [-0.25, -0.2) is 0 Å². The van der Waals surface area contributed by atoms with Gasteiger partial charge in [-0.2, -0.15) is 0 Å². The Morgan fingerprint density at radius 2 is 1.82 bits per heavy atom. The molecule has 1 aromatic rings. The van der Waals surface area contributed by atoms with Crippen LogP contribution in [0.3, 0.4) is 0 Å². The molecule has 1 aromatic heterocycles. The average molecular weight is 519 g/mol. The first-order valence-corrected chi connectivity index (χ1v) is 13.4. The number of hydrogen-bond donors (Lipinski definition) is 2. The Bertz CT molecular complexity index is 1150. The molecule has 0 atom stereocenters. The quantitative estimate of drug-likeness (QED) is 0.174. The number of carboxylic acids is 1. The summed E-state index contributed by atoms with van der Waals surface area (Å²) in [6, 6.07) is 1.87. The lowest BCUT2D eigenvalue weighted by molar-refractivity contribution is -0.135. The number of nitrogens with zero attached hydrogens (tertiary/aromatic N) is 1. The van der Waals surface area contributed by atoms with Crippen LogP contribution in [-0.2, 0) is 22.6 Å². The van der Waals surface area contributed by atoms with E-state index < -0.39 is 18.4 Å². The summed E-state index contributed by atoms with van der Waals surface area (Å²) in [6.07, 6.45) is 19.8. The van der Waals surface area contributed by atoms with Gasteiger partial charge in [0, 0.05) is 12.1 Å². The second-order valence-corrected chi connectivity index (χ2v) is 10.1. The van der Waals surface area contributed by atoms with Gasteiger partial charge in [0.2, 0.25) is 0 Å². The fraction of sp³-hybridized carbons (Fsp3) is 0.406. The lowest BCUT2D eigenvalue weighted by Crippen LogP contribution is -2.31. The number of amides is 1. The summed E-state index contributed by atoms with van der Waals surface area (Å²) in [4.78, 5) is 35.7. The van der Waals surface area contributed by atoms with Crippen molar-refractivity contribution in [3.63, 3.8) is 0 Å². The maximum atomic E-state index is 13.0. The molecule has 1 fully saturated rings. The SMILES string of the molecule is C=C/C=C(C)\C(C=CC(=C)C=C(C)C)=C/Cc1c(C2CCCCCC2)cc(C(=O)NCC(=O)O)n1CC=O. The van der Waals surface area contributed by atoms with Crippen molar-refractivity contribution in [3.8, 4) is 0 Å². The van der Waals surface area contributed by atoms with Crippen molar-refractivity contribution in [2.75, 3.05) is 6.54 Å². The van der Waals surface area contributed by atoms with E-state index in [1.807, 2.05) is 51.1 Å². The van der Waals surface area contributed by atoms with E-state index in [-0.39, 0.29) is 6.54 Å². The number of hydrogen-bond acceptors (Lipinski definition) is 3. The number of allylic oxidation sites excluding steroid dienone is 10. The molecule has 1 heterocycles. The Morgan fingerprint density at radius 1 is 1.13 bits per heavy atom. The van der Waals surface area contributed by atoms with Crippen LogP contribution in [0.5, 0.6) is 0 Å². The van der Waals surface area contributed by atoms with Crippen LogP contribution < -0.4 is 5.32 Å². The summed E-state index contributed by atoms with van der Waals surface area (Å²) in [5.74, 6) is -1.31. The third-order valence-corrected chi connectivity index (χ3v) is 6.72. The van der Waals surface area contributed by atoms with Crippen molar-refractivity contribution >= 4 is 18.2 Å². The number of aromatic nitrogens is 1. The highest BCUT2D eigenvalue weighted by Gasteiger charge is 2.25. The molecule has 6 heteroatoms. The van der Waals surface area contributed by atoms with Crippen molar-refractivity contribution in [2.45, 2.75) is 78.2 Å². The predicted octanol–water partition coefficient (Wildman–Crippen LogP) is 6.62. The van der Waals surface area contributed by atoms with E-state index in [0.29, 0.717) is 18.0 Å². The minimum atomic E-state index is -1.12. The second-order valence-electron chi connectivity index (χ2n) is 10.1. The van der Waals surface area contributed by atoms with E-state index in [0.717, 1.165) is 65.5 Å². The van der Waals surface area contributed by atoms with Crippen molar-refractivity contribution in [1.82, 2.24) is 9.88 Å². The van der Waals surface area contributed by atoms with Gasteiger partial charge < -0.3 is 19.8 Å². The molecule has 2 rings (SSSR count). The van der Waals surface area contributed by atoms with E-state index in [2.05, 4.69) is 24.6 Å². The van der Waals surface area contributed by atoms with E-state index in [1.54, 1.807) is 10.6 Å². The minimum absolute atomic E-state index is 0.0236. The Kier molecular flexibility index (Phi) is 12.5. The van der Waals surface area contributed by atoms with Crippen molar-refractivity contribution in [3.05, 3.63) is 94.9 Å². The van der Waals surface area contributed by atoms with Crippen molar-refractivity contribution in [2.24, 2.45) is 0 Å². The summed E-state index contributed by atoms with van der Waals surface area (Å²) in [7, 11) is 0. The van der Waals surface area contributed by atoms with Gasteiger partial charge in [0.25, 0.3) is 5.91 Å². The monoisotopic (exact) mass is 518 g/mol. The number of nitrogens with one attached hydrogen (secondary N) is 1. The summed E-state index contributed by atoms with van der Waals surface area (Å²) < 4.78 is 1.75. The minimum Gasteiger partial charge on any atom is -0.480 e. The zero-order chi connectivity index (χ0) is 28.1.